The normalized spacial score (nSPS) is 41.1. The van der Waals surface area contributed by atoms with E-state index in [0.29, 0.717) is 4.90 Å². The summed E-state index contributed by atoms with van der Waals surface area (Å²) in [5, 5.41) is 29.8. The number of rotatable bonds is 2. The Kier molecular flexibility index (Phi) is 3.23. The fourth-order valence-corrected chi connectivity index (χ4v) is 1.99. The van der Waals surface area contributed by atoms with Gasteiger partial charge in [0.1, 0.15) is 12.2 Å². The second-order valence-electron chi connectivity index (χ2n) is 4.14. The van der Waals surface area contributed by atoms with Crippen molar-refractivity contribution in [2.24, 2.45) is 0 Å². The van der Waals surface area contributed by atoms with Crippen molar-refractivity contribution in [3.63, 3.8) is 0 Å². The standard InChI is InChI=1S/C9H13FN2O6/c10-9(7(16)6(15)4(3-13)18-9)12-2-1-5(14)11-8(12)17/h4,6-7,13,15-16H,1-3H2,(H,11,14,17)/t4-,6-,7-,9+/m1/s1. The molecule has 8 nitrogen and oxygen atoms in total. The van der Waals surface area contributed by atoms with E-state index in [1.54, 1.807) is 0 Å². The monoisotopic (exact) mass is 264 g/mol. The maximum Gasteiger partial charge on any atom is 0.328 e. The minimum atomic E-state index is -2.96. The number of nitrogens with one attached hydrogen (secondary N) is 1. The van der Waals surface area contributed by atoms with Crippen LogP contribution in [0.25, 0.3) is 0 Å². The van der Waals surface area contributed by atoms with Gasteiger partial charge < -0.3 is 20.1 Å². The zero-order chi connectivity index (χ0) is 13.5. The molecule has 0 bridgehead atoms. The van der Waals surface area contributed by atoms with E-state index in [4.69, 9.17) is 9.84 Å². The summed E-state index contributed by atoms with van der Waals surface area (Å²) in [6, 6.07) is -1.06. The van der Waals surface area contributed by atoms with Crippen LogP contribution in [0, 0.1) is 0 Å². The molecule has 0 aromatic rings. The number of hydrogen-bond donors (Lipinski definition) is 4. The van der Waals surface area contributed by atoms with Gasteiger partial charge in [-0.1, -0.05) is 0 Å². The van der Waals surface area contributed by atoms with Crippen molar-refractivity contribution in [1.29, 1.82) is 0 Å². The van der Waals surface area contributed by atoms with Gasteiger partial charge in [-0.25, -0.2) is 4.79 Å². The fraction of sp³-hybridized carbons (Fsp3) is 0.778. The number of aliphatic hydroxyl groups excluding tert-OH is 3. The van der Waals surface area contributed by atoms with Gasteiger partial charge in [-0.2, -0.15) is 4.39 Å². The van der Waals surface area contributed by atoms with Crippen LogP contribution < -0.4 is 5.32 Å². The Hall–Kier alpha value is -1.29. The second-order valence-corrected chi connectivity index (χ2v) is 4.14. The summed E-state index contributed by atoms with van der Waals surface area (Å²) in [5.41, 5.74) is 0. The Labute approximate surface area is 101 Å². The van der Waals surface area contributed by atoms with Crippen LogP contribution in [0.5, 0.6) is 0 Å². The van der Waals surface area contributed by atoms with Crippen molar-refractivity contribution >= 4 is 11.9 Å². The third-order valence-corrected chi connectivity index (χ3v) is 2.99. The van der Waals surface area contributed by atoms with E-state index in [1.165, 1.54) is 0 Å². The number of imide groups is 1. The van der Waals surface area contributed by atoms with Crippen LogP contribution in [0.4, 0.5) is 9.18 Å². The van der Waals surface area contributed by atoms with E-state index in [2.05, 4.69) is 0 Å². The first kappa shape index (κ1) is 13.1. The number of alkyl halides is 1. The van der Waals surface area contributed by atoms with Crippen molar-refractivity contribution in [2.45, 2.75) is 30.7 Å². The van der Waals surface area contributed by atoms with Crippen molar-refractivity contribution in [1.82, 2.24) is 10.2 Å². The van der Waals surface area contributed by atoms with Crippen LogP contribution in [-0.4, -0.2) is 69.6 Å². The summed E-state index contributed by atoms with van der Waals surface area (Å²) in [7, 11) is 0. The smallest absolute Gasteiger partial charge is 0.328 e. The molecule has 2 saturated heterocycles. The molecule has 9 heteroatoms. The number of ether oxygens (including phenoxy) is 1. The van der Waals surface area contributed by atoms with Crippen LogP contribution in [0.1, 0.15) is 6.42 Å². The van der Waals surface area contributed by atoms with Gasteiger partial charge in [0.25, 0.3) is 0 Å². The van der Waals surface area contributed by atoms with E-state index < -0.39 is 42.8 Å². The van der Waals surface area contributed by atoms with Gasteiger partial charge in [0, 0.05) is 13.0 Å². The summed E-state index contributed by atoms with van der Waals surface area (Å²) < 4.78 is 19.2. The van der Waals surface area contributed by atoms with Crippen molar-refractivity contribution in [3.8, 4) is 0 Å². The maximum atomic E-state index is 14.5. The van der Waals surface area contributed by atoms with Gasteiger partial charge in [0.15, 0.2) is 6.10 Å². The number of aliphatic hydroxyl groups is 3. The predicted molar refractivity (Wildman–Crippen MR) is 52.7 cm³/mol. The predicted octanol–water partition coefficient (Wildman–Crippen LogP) is -2.34. The van der Waals surface area contributed by atoms with Crippen LogP contribution >= 0.6 is 0 Å². The number of carbonyl (C=O) groups excluding carboxylic acids is 2. The third kappa shape index (κ3) is 1.85. The van der Waals surface area contributed by atoms with Gasteiger partial charge >= 0.3 is 12.0 Å². The summed E-state index contributed by atoms with van der Waals surface area (Å²) in [5.74, 6) is -3.52. The highest BCUT2D eigenvalue weighted by atomic mass is 19.2. The average Bonchev–Trinajstić information content (AvgIpc) is 2.54. The van der Waals surface area contributed by atoms with Gasteiger partial charge in [-0.3, -0.25) is 15.0 Å². The van der Waals surface area contributed by atoms with Gasteiger partial charge in [-0.15, -0.1) is 0 Å². The van der Waals surface area contributed by atoms with Crippen molar-refractivity contribution in [2.75, 3.05) is 13.2 Å². The summed E-state index contributed by atoms with van der Waals surface area (Å²) in [4.78, 5) is 22.9. The Morgan fingerprint density at radius 3 is 2.67 bits per heavy atom. The molecule has 18 heavy (non-hydrogen) atoms. The zero-order valence-electron chi connectivity index (χ0n) is 9.24. The lowest BCUT2D eigenvalue weighted by molar-refractivity contribution is -0.251. The lowest BCUT2D eigenvalue weighted by Gasteiger charge is -2.37. The number of hydrogen-bond acceptors (Lipinski definition) is 6. The highest BCUT2D eigenvalue weighted by Crippen LogP contribution is 2.36. The molecule has 0 unspecified atom stereocenters. The lowest BCUT2D eigenvalue weighted by atomic mass is 10.1. The highest BCUT2D eigenvalue weighted by Gasteiger charge is 2.60. The molecule has 102 valence electrons. The van der Waals surface area contributed by atoms with Crippen LogP contribution in [-0.2, 0) is 9.53 Å². The molecule has 3 amide bonds. The molecule has 2 aliphatic rings. The number of urea groups is 1. The number of nitrogens with zero attached hydrogens (tertiary/aromatic N) is 1. The molecule has 2 fully saturated rings. The van der Waals surface area contributed by atoms with Crippen LogP contribution in [0.2, 0.25) is 0 Å². The number of halogens is 1. The molecule has 0 aromatic heterocycles. The van der Waals surface area contributed by atoms with Gasteiger partial charge in [0.2, 0.25) is 5.91 Å². The largest absolute Gasteiger partial charge is 0.394 e. The Bertz CT molecular complexity index is 380. The summed E-state index contributed by atoms with van der Waals surface area (Å²) in [6.07, 6.45) is -5.16. The Balaban J connectivity index is 2.21. The van der Waals surface area contributed by atoms with Gasteiger partial charge in [-0.05, 0) is 0 Å². The molecule has 0 spiro atoms. The highest BCUT2D eigenvalue weighted by molar-refractivity contribution is 5.96. The third-order valence-electron chi connectivity index (χ3n) is 2.99. The maximum absolute atomic E-state index is 14.5. The topological polar surface area (TPSA) is 119 Å². The van der Waals surface area contributed by atoms with Crippen molar-refractivity contribution < 1.29 is 34.0 Å². The Morgan fingerprint density at radius 2 is 2.17 bits per heavy atom. The summed E-state index contributed by atoms with van der Waals surface area (Å²) >= 11 is 0. The number of amides is 3. The summed E-state index contributed by atoms with van der Waals surface area (Å²) in [6.45, 7) is -0.999. The molecular weight excluding hydrogens is 251 g/mol. The molecule has 4 atom stereocenters. The lowest BCUT2D eigenvalue weighted by Crippen LogP contribution is -2.62. The molecule has 0 radical (unpaired) electrons. The first-order valence-corrected chi connectivity index (χ1v) is 5.35. The average molecular weight is 264 g/mol. The van der Waals surface area contributed by atoms with E-state index in [9.17, 15) is 24.2 Å². The molecule has 2 aliphatic heterocycles. The Morgan fingerprint density at radius 1 is 1.50 bits per heavy atom. The SMILES string of the molecule is O=C1CCN([C@]2(F)O[C@H](CO)[C@@H](O)[C@H]2O)C(=O)N1. The van der Waals surface area contributed by atoms with E-state index >= 15 is 0 Å². The molecular formula is C9H13FN2O6. The second kappa shape index (κ2) is 4.43. The minimum absolute atomic E-state index is 0.145. The number of carbonyl (C=O) groups is 2. The molecule has 0 saturated carbocycles. The quantitative estimate of drug-likeness (QED) is 0.415. The van der Waals surface area contributed by atoms with E-state index in [0.717, 1.165) is 0 Å². The van der Waals surface area contributed by atoms with E-state index in [-0.39, 0.29) is 13.0 Å². The molecule has 2 heterocycles. The van der Waals surface area contributed by atoms with E-state index in [1.807, 2.05) is 5.32 Å². The first-order valence-electron chi connectivity index (χ1n) is 5.35. The van der Waals surface area contributed by atoms with Crippen molar-refractivity contribution in [3.05, 3.63) is 0 Å². The fourth-order valence-electron chi connectivity index (χ4n) is 1.99. The molecule has 4 N–H and O–H groups in total. The minimum Gasteiger partial charge on any atom is -0.394 e. The van der Waals surface area contributed by atoms with Crippen LogP contribution in [0.3, 0.4) is 0 Å². The zero-order valence-corrected chi connectivity index (χ0v) is 9.24. The van der Waals surface area contributed by atoms with Gasteiger partial charge in [0.05, 0.1) is 6.61 Å². The molecule has 2 rings (SSSR count). The first-order chi connectivity index (χ1) is 8.40. The molecule has 0 aliphatic carbocycles. The molecule has 0 aromatic carbocycles. The van der Waals surface area contributed by atoms with Crippen LogP contribution in [0.15, 0.2) is 0 Å².